The summed E-state index contributed by atoms with van der Waals surface area (Å²) in [5.74, 6) is -0.147. The van der Waals surface area contributed by atoms with Crippen molar-refractivity contribution in [3.63, 3.8) is 0 Å². The van der Waals surface area contributed by atoms with Crippen molar-refractivity contribution in [2.75, 3.05) is 19.6 Å². The number of benzene rings is 1. The van der Waals surface area contributed by atoms with E-state index >= 15 is 0 Å². The number of amides is 1. The van der Waals surface area contributed by atoms with Crippen LogP contribution in [0.2, 0.25) is 0 Å². The lowest BCUT2D eigenvalue weighted by molar-refractivity contribution is 0.0923. The third-order valence-corrected chi connectivity index (χ3v) is 4.77. The third-order valence-electron chi connectivity index (χ3n) is 4.77. The van der Waals surface area contributed by atoms with Crippen molar-refractivity contribution in [1.29, 1.82) is 0 Å². The molecule has 1 aromatic carbocycles. The first-order valence-corrected chi connectivity index (χ1v) is 8.97. The highest BCUT2D eigenvalue weighted by molar-refractivity contribution is 5.93. The van der Waals surface area contributed by atoms with Crippen LogP contribution in [0.15, 0.2) is 53.5 Å². The number of hydrogen-bond donors (Lipinski definition) is 2. The Kier molecular flexibility index (Phi) is 6.01. The van der Waals surface area contributed by atoms with E-state index in [2.05, 4.69) is 39.5 Å². The van der Waals surface area contributed by atoms with Gasteiger partial charge in [0.25, 0.3) is 5.91 Å². The van der Waals surface area contributed by atoms with Gasteiger partial charge in [0.1, 0.15) is 0 Å². The first kappa shape index (κ1) is 17.4. The van der Waals surface area contributed by atoms with Crippen LogP contribution in [0.4, 0.5) is 0 Å². The molecule has 2 N–H and O–H groups in total. The molecular formula is C20H25N3O2. The highest BCUT2D eigenvalue weighted by Gasteiger charge is 2.21. The number of rotatable bonds is 6. The Morgan fingerprint density at radius 1 is 1.08 bits per heavy atom. The molecule has 1 aliphatic heterocycles. The van der Waals surface area contributed by atoms with E-state index in [1.807, 2.05) is 6.07 Å². The molecule has 3 rings (SSSR count). The molecule has 1 saturated heterocycles. The molecule has 25 heavy (non-hydrogen) atoms. The van der Waals surface area contributed by atoms with Crippen molar-refractivity contribution in [1.82, 2.24) is 15.2 Å². The monoisotopic (exact) mass is 339 g/mol. The maximum atomic E-state index is 12.3. The van der Waals surface area contributed by atoms with Crippen LogP contribution in [-0.4, -0.2) is 41.5 Å². The fourth-order valence-electron chi connectivity index (χ4n) is 3.36. The van der Waals surface area contributed by atoms with Crippen LogP contribution >= 0.6 is 0 Å². The number of aromatic amines is 1. The minimum absolute atomic E-state index is 0.147. The zero-order valence-corrected chi connectivity index (χ0v) is 14.4. The SMILES string of the molecule is O=C(NCC(Cc1ccccc1)N1CCCCC1)c1ccc(=O)[nH]c1. The molecule has 2 aromatic rings. The van der Waals surface area contributed by atoms with Gasteiger partial charge in [-0.25, -0.2) is 0 Å². The molecule has 1 amide bonds. The summed E-state index contributed by atoms with van der Waals surface area (Å²) in [7, 11) is 0. The van der Waals surface area contributed by atoms with E-state index in [4.69, 9.17) is 0 Å². The smallest absolute Gasteiger partial charge is 0.252 e. The number of H-pyrrole nitrogens is 1. The molecule has 1 unspecified atom stereocenters. The Labute approximate surface area is 148 Å². The summed E-state index contributed by atoms with van der Waals surface area (Å²) in [6.45, 7) is 2.78. The fraction of sp³-hybridized carbons (Fsp3) is 0.400. The molecule has 0 radical (unpaired) electrons. The summed E-state index contributed by atoms with van der Waals surface area (Å²) in [6.07, 6.45) is 6.12. The Morgan fingerprint density at radius 2 is 1.84 bits per heavy atom. The minimum Gasteiger partial charge on any atom is -0.350 e. The molecule has 0 spiro atoms. The van der Waals surface area contributed by atoms with E-state index in [1.165, 1.54) is 37.1 Å². The maximum Gasteiger partial charge on any atom is 0.252 e. The molecule has 1 aliphatic rings. The summed E-state index contributed by atoms with van der Waals surface area (Å²) in [6, 6.07) is 13.6. The molecule has 0 bridgehead atoms. The van der Waals surface area contributed by atoms with Crippen molar-refractivity contribution in [3.05, 3.63) is 70.1 Å². The highest BCUT2D eigenvalue weighted by Crippen LogP contribution is 2.15. The van der Waals surface area contributed by atoms with E-state index in [1.54, 1.807) is 6.07 Å². The van der Waals surface area contributed by atoms with E-state index in [0.717, 1.165) is 19.5 Å². The van der Waals surface area contributed by atoms with Gasteiger partial charge < -0.3 is 10.3 Å². The van der Waals surface area contributed by atoms with Gasteiger partial charge >= 0.3 is 0 Å². The number of carbonyl (C=O) groups excluding carboxylic acids is 1. The number of aromatic nitrogens is 1. The first-order valence-electron chi connectivity index (χ1n) is 8.97. The molecule has 5 heteroatoms. The average molecular weight is 339 g/mol. The Balaban J connectivity index is 1.65. The first-order chi connectivity index (χ1) is 12.2. The summed E-state index contributed by atoms with van der Waals surface area (Å²) < 4.78 is 0. The molecule has 5 nitrogen and oxygen atoms in total. The van der Waals surface area contributed by atoms with Gasteiger partial charge in [-0.05, 0) is 44.0 Å². The van der Waals surface area contributed by atoms with Crippen LogP contribution in [0, 0.1) is 0 Å². The molecule has 1 aromatic heterocycles. The number of nitrogens with one attached hydrogen (secondary N) is 2. The number of pyridine rings is 1. The van der Waals surface area contributed by atoms with Crippen molar-refractivity contribution in [2.24, 2.45) is 0 Å². The summed E-state index contributed by atoms with van der Waals surface area (Å²) >= 11 is 0. The Morgan fingerprint density at radius 3 is 2.52 bits per heavy atom. The predicted octanol–water partition coefficient (Wildman–Crippen LogP) is 2.20. The minimum atomic E-state index is -0.202. The topological polar surface area (TPSA) is 65.2 Å². The van der Waals surface area contributed by atoms with Crippen molar-refractivity contribution >= 4 is 5.91 Å². The van der Waals surface area contributed by atoms with Gasteiger partial charge in [0.05, 0.1) is 5.56 Å². The van der Waals surface area contributed by atoms with Gasteiger partial charge in [0.15, 0.2) is 0 Å². The lowest BCUT2D eigenvalue weighted by Crippen LogP contribution is -2.47. The van der Waals surface area contributed by atoms with Crippen molar-refractivity contribution < 1.29 is 4.79 Å². The van der Waals surface area contributed by atoms with E-state index < -0.39 is 0 Å². The van der Waals surface area contributed by atoms with E-state index in [0.29, 0.717) is 12.1 Å². The molecule has 0 saturated carbocycles. The zero-order valence-electron chi connectivity index (χ0n) is 14.4. The van der Waals surface area contributed by atoms with E-state index in [9.17, 15) is 9.59 Å². The molecule has 0 aliphatic carbocycles. The standard InChI is InChI=1S/C20H25N3O2/c24-19-10-9-17(14-21-19)20(25)22-15-18(23-11-5-2-6-12-23)13-16-7-3-1-4-8-16/h1,3-4,7-10,14,18H,2,5-6,11-13,15H2,(H,21,24)(H,22,25). The number of piperidine rings is 1. The summed E-state index contributed by atoms with van der Waals surface area (Å²) in [4.78, 5) is 28.5. The second-order valence-corrected chi connectivity index (χ2v) is 6.59. The molecule has 2 heterocycles. The largest absolute Gasteiger partial charge is 0.350 e. The molecular weight excluding hydrogens is 314 g/mol. The zero-order chi connectivity index (χ0) is 17.5. The van der Waals surface area contributed by atoms with Crippen LogP contribution < -0.4 is 10.9 Å². The van der Waals surface area contributed by atoms with Gasteiger partial charge in [-0.1, -0.05) is 36.8 Å². The maximum absolute atomic E-state index is 12.3. The second-order valence-electron chi connectivity index (χ2n) is 6.59. The molecule has 1 atom stereocenters. The summed E-state index contributed by atoms with van der Waals surface area (Å²) in [5, 5.41) is 3.03. The number of likely N-dealkylation sites (tertiary alicyclic amines) is 1. The Hall–Kier alpha value is -2.40. The normalized spacial score (nSPS) is 16.3. The van der Waals surface area contributed by atoms with Gasteiger partial charge in [0, 0.05) is 24.8 Å². The molecule has 132 valence electrons. The van der Waals surface area contributed by atoms with Crippen LogP contribution in [0.1, 0.15) is 35.2 Å². The van der Waals surface area contributed by atoms with Gasteiger partial charge in [-0.15, -0.1) is 0 Å². The van der Waals surface area contributed by atoms with Crippen molar-refractivity contribution in [2.45, 2.75) is 31.7 Å². The van der Waals surface area contributed by atoms with E-state index in [-0.39, 0.29) is 17.5 Å². The number of carbonyl (C=O) groups is 1. The van der Waals surface area contributed by atoms with Gasteiger partial charge in [-0.2, -0.15) is 0 Å². The van der Waals surface area contributed by atoms with Crippen LogP contribution in [-0.2, 0) is 6.42 Å². The quantitative estimate of drug-likeness (QED) is 0.848. The number of hydrogen-bond acceptors (Lipinski definition) is 3. The lowest BCUT2D eigenvalue weighted by atomic mass is 10.0. The van der Waals surface area contributed by atoms with Crippen molar-refractivity contribution in [3.8, 4) is 0 Å². The average Bonchev–Trinajstić information content (AvgIpc) is 2.67. The van der Waals surface area contributed by atoms with Crippen LogP contribution in [0.3, 0.4) is 0 Å². The summed E-state index contributed by atoms with van der Waals surface area (Å²) in [5.41, 5.74) is 1.57. The third kappa shape index (κ3) is 5.03. The number of nitrogens with zero attached hydrogens (tertiary/aromatic N) is 1. The second kappa shape index (κ2) is 8.62. The van der Waals surface area contributed by atoms with Crippen LogP contribution in [0.25, 0.3) is 0 Å². The van der Waals surface area contributed by atoms with Gasteiger partial charge in [-0.3, -0.25) is 14.5 Å². The molecule has 1 fully saturated rings. The van der Waals surface area contributed by atoms with Crippen LogP contribution in [0.5, 0.6) is 0 Å². The van der Waals surface area contributed by atoms with Gasteiger partial charge in [0.2, 0.25) is 5.56 Å². The fourth-order valence-corrected chi connectivity index (χ4v) is 3.36. The Bertz CT molecular complexity index is 716. The predicted molar refractivity (Wildman–Crippen MR) is 98.8 cm³/mol. The lowest BCUT2D eigenvalue weighted by Gasteiger charge is -2.35. The highest BCUT2D eigenvalue weighted by atomic mass is 16.1.